The Balaban J connectivity index is 1.82. The first-order valence-electron chi connectivity index (χ1n) is 8.11. The number of nitro benzene ring substituents is 1. The molecule has 6 heteroatoms. The summed E-state index contributed by atoms with van der Waals surface area (Å²) in [5.41, 5.74) is 0.800. The molecule has 1 heterocycles. The number of fused-ring (bicyclic) bond motifs is 1. The van der Waals surface area contributed by atoms with Gasteiger partial charge in [0, 0.05) is 29.8 Å². The number of unbranched alkanes of at least 4 members (excludes halogenated alkanes) is 1. The molecule has 25 heavy (non-hydrogen) atoms. The monoisotopic (exact) mass is 338 g/mol. The summed E-state index contributed by atoms with van der Waals surface area (Å²) in [6.45, 7) is 2.80. The van der Waals surface area contributed by atoms with Crippen molar-refractivity contribution in [2.75, 3.05) is 6.61 Å². The van der Waals surface area contributed by atoms with Crippen molar-refractivity contribution in [2.24, 2.45) is 0 Å². The molecule has 1 aromatic heterocycles. The van der Waals surface area contributed by atoms with Crippen LogP contribution < -0.4 is 9.47 Å². The molecule has 0 atom stereocenters. The van der Waals surface area contributed by atoms with Crippen LogP contribution in [0.15, 0.2) is 54.7 Å². The van der Waals surface area contributed by atoms with Gasteiger partial charge in [-0.15, -0.1) is 0 Å². The van der Waals surface area contributed by atoms with Gasteiger partial charge in [0.15, 0.2) is 0 Å². The highest BCUT2D eigenvalue weighted by Crippen LogP contribution is 2.31. The number of nitrogens with zero attached hydrogens (tertiary/aromatic N) is 2. The van der Waals surface area contributed by atoms with Crippen molar-refractivity contribution in [2.45, 2.75) is 19.8 Å². The van der Waals surface area contributed by atoms with E-state index in [9.17, 15) is 10.1 Å². The first-order chi connectivity index (χ1) is 12.2. The maximum atomic E-state index is 10.7. The van der Waals surface area contributed by atoms with Crippen molar-refractivity contribution in [3.63, 3.8) is 0 Å². The lowest BCUT2D eigenvalue weighted by Crippen LogP contribution is -1.96. The molecular weight excluding hydrogens is 320 g/mol. The number of hydrogen-bond donors (Lipinski definition) is 0. The van der Waals surface area contributed by atoms with Crippen LogP contribution in [-0.4, -0.2) is 16.5 Å². The zero-order valence-corrected chi connectivity index (χ0v) is 13.8. The van der Waals surface area contributed by atoms with E-state index in [4.69, 9.17) is 9.47 Å². The molecule has 128 valence electrons. The molecule has 0 spiro atoms. The van der Waals surface area contributed by atoms with Gasteiger partial charge in [-0.25, -0.2) is 0 Å². The van der Waals surface area contributed by atoms with Crippen molar-refractivity contribution in [1.82, 2.24) is 4.98 Å². The predicted octanol–water partition coefficient (Wildman–Crippen LogP) is 5.11. The third-order valence-corrected chi connectivity index (χ3v) is 3.72. The molecule has 0 aliphatic heterocycles. The Bertz CT molecular complexity index is 878. The van der Waals surface area contributed by atoms with Crippen molar-refractivity contribution < 1.29 is 14.4 Å². The molecule has 0 radical (unpaired) electrons. The second kappa shape index (κ2) is 7.61. The van der Waals surface area contributed by atoms with E-state index in [2.05, 4.69) is 11.9 Å². The molecular formula is C19H18N2O4. The van der Waals surface area contributed by atoms with Crippen LogP contribution in [0.5, 0.6) is 17.2 Å². The summed E-state index contributed by atoms with van der Waals surface area (Å²) in [6.07, 6.45) is 3.76. The summed E-state index contributed by atoms with van der Waals surface area (Å²) < 4.78 is 11.6. The van der Waals surface area contributed by atoms with E-state index >= 15 is 0 Å². The van der Waals surface area contributed by atoms with Crippen LogP contribution in [-0.2, 0) is 0 Å². The van der Waals surface area contributed by atoms with E-state index in [1.807, 2.05) is 18.2 Å². The van der Waals surface area contributed by atoms with Gasteiger partial charge in [-0.3, -0.25) is 15.1 Å². The lowest BCUT2D eigenvalue weighted by molar-refractivity contribution is -0.384. The molecule has 6 nitrogen and oxygen atoms in total. The summed E-state index contributed by atoms with van der Waals surface area (Å²) in [5.74, 6) is 1.95. The smallest absolute Gasteiger partial charge is 0.269 e. The lowest BCUT2D eigenvalue weighted by Gasteiger charge is -2.10. The van der Waals surface area contributed by atoms with Crippen LogP contribution in [0.2, 0.25) is 0 Å². The van der Waals surface area contributed by atoms with Gasteiger partial charge in [0.25, 0.3) is 5.69 Å². The molecule has 0 fully saturated rings. The van der Waals surface area contributed by atoms with Gasteiger partial charge in [-0.05, 0) is 36.8 Å². The fraction of sp³-hybridized carbons (Fsp3) is 0.211. The van der Waals surface area contributed by atoms with Gasteiger partial charge in [0.1, 0.15) is 17.2 Å². The van der Waals surface area contributed by atoms with E-state index in [1.165, 1.54) is 12.1 Å². The number of non-ortho nitro benzene ring substituents is 1. The molecule has 2 aromatic carbocycles. The first kappa shape index (κ1) is 16.7. The Morgan fingerprint density at radius 1 is 1.08 bits per heavy atom. The summed E-state index contributed by atoms with van der Waals surface area (Å²) in [5, 5.41) is 11.6. The first-order valence-corrected chi connectivity index (χ1v) is 8.11. The molecule has 0 amide bonds. The van der Waals surface area contributed by atoms with Crippen molar-refractivity contribution in [3.8, 4) is 17.2 Å². The predicted molar refractivity (Wildman–Crippen MR) is 95.3 cm³/mol. The third-order valence-electron chi connectivity index (χ3n) is 3.72. The minimum absolute atomic E-state index is 0.0285. The van der Waals surface area contributed by atoms with Gasteiger partial charge in [-0.2, -0.15) is 0 Å². The van der Waals surface area contributed by atoms with Gasteiger partial charge >= 0.3 is 0 Å². The number of benzene rings is 2. The van der Waals surface area contributed by atoms with Crippen molar-refractivity contribution >= 4 is 16.6 Å². The van der Waals surface area contributed by atoms with E-state index in [-0.39, 0.29) is 5.69 Å². The van der Waals surface area contributed by atoms with Crippen LogP contribution >= 0.6 is 0 Å². The van der Waals surface area contributed by atoms with E-state index in [1.54, 1.807) is 24.4 Å². The van der Waals surface area contributed by atoms with Crippen LogP contribution in [0.4, 0.5) is 5.69 Å². The molecule has 0 unspecified atom stereocenters. The molecule has 0 N–H and O–H groups in total. The van der Waals surface area contributed by atoms with Gasteiger partial charge in [0.05, 0.1) is 17.0 Å². The lowest BCUT2D eigenvalue weighted by atomic mass is 10.2. The fourth-order valence-electron chi connectivity index (χ4n) is 2.38. The highest BCUT2D eigenvalue weighted by Gasteiger charge is 2.08. The maximum Gasteiger partial charge on any atom is 0.269 e. The Morgan fingerprint density at radius 2 is 1.84 bits per heavy atom. The van der Waals surface area contributed by atoms with Crippen LogP contribution in [0, 0.1) is 10.1 Å². The summed E-state index contributed by atoms with van der Waals surface area (Å²) in [7, 11) is 0. The number of rotatable bonds is 7. The minimum Gasteiger partial charge on any atom is -0.494 e. The summed E-state index contributed by atoms with van der Waals surface area (Å²) >= 11 is 0. The highest BCUT2D eigenvalue weighted by atomic mass is 16.6. The molecule has 0 bridgehead atoms. The van der Waals surface area contributed by atoms with Gasteiger partial charge in [0.2, 0.25) is 0 Å². The van der Waals surface area contributed by atoms with Crippen LogP contribution in [0.3, 0.4) is 0 Å². The standard InChI is InChI=1S/C19H18N2O4/c1-2-3-12-24-16-8-9-17-18(13-16)20-11-10-19(17)25-15-6-4-14(5-7-15)21(22)23/h4-11,13H,2-3,12H2,1H3. The quantitative estimate of drug-likeness (QED) is 0.340. The van der Waals surface area contributed by atoms with Crippen molar-refractivity contribution in [3.05, 3.63) is 64.8 Å². The molecule has 3 aromatic rings. The molecule has 0 saturated carbocycles. The van der Waals surface area contributed by atoms with Crippen molar-refractivity contribution in [1.29, 1.82) is 0 Å². The highest BCUT2D eigenvalue weighted by molar-refractivity contribution is 5.86. The Labute approximate surface area is 145 Å². The van der Waals surface area contributed by atoms with E-state index < -0.39 is 4.92 Å². The number of ether oxygens (including phenoxy) is 2. The fourth-order valence-corrected chi connectivity index (χ4v) is 2.38. The van der Waals surface area contributed by atoms with E-state index in [0.717, 1.165) is 29.5 Å². The summed E-state index contributed by atoms with van der Waals surface area (Å²) in [6, 6.07) is 13.4. The minimum atomic E-state index is -0.439. The molecule has 0 aliphatic rings. The van der Waals surface area contributed by atoms with E-state index in [0.29, 0.717) is 18.1 Å². The van der Waals surface area contributed by atoms with Crippen LogP contribution in [0.1, 0.15) is 19.8 Å². The number of hydrogen-bond acceptors (Lipinski definition) is 5. The molecule has 0 saturated heterocycles. The number of aromatic nitrogens is 1. The second-order valence-corrected chi connectivity index (χ2v) is 5.54. The largest absolute Gasteiger partial charge is 0.494 e. The zero-order valence-electron chi connectivity index (χ0n) is 13.8. The molecule has 0 aliphatic carbocycles. The summed E-state index contributed by atoms with van der Waals surface area (Å²) in [4.78, 5) is 14.6. The topological polar surface area (TPSA) is 74.5 Å². The maximum absolute atomic E-state index is 10.7. The number of nitro groups is 1. The average molecular weight is 338 g/mol. The van der Waals surface area contributed by atoms with Gasteiger partial charge in [-0.1, -0.05) is 13.3 Å². The Morgan fingerprint density at radius 3 is 2.56 bits per heavy atom. The zero-order chi connectivity index (χ0) is 17.6. The third kappa shape index (κ3) is 4.03. The Kier molecular flexibility index (Phi) is 5.09. The Hall–Kier alpha value is -3.15. The second-order valence-electron chi connectivity index (χ2n) is 5.54. The average Bonchev–Trinajstić information content (AvgIpc) is 2.62. The van der Waals surface area contributed by atoms with Gasteiger partial charge < -0.3 is 9.47 Å². The number of pyridine rings is 1. The molecule has 3 rings (SSSR count). The van der Waals surface area contributed by atoms with Crippen LogP contribution in [0.25, 0.3) is 10.9 Å². The normalized spacial score (nSPS) is 10.6. The SMILES string of the molecule is CCCCOc1ccc2c(Oc3ccc([N+](=O)[O-])cc3)ccnc2c1.